The van der Waals surface area contributed by atoms with E-state index in [0.717, 1.165) is 24.8 Å². The van der Waals surface area contributed by atoms with Crippen LogP contribution in [0.3, 0.4) is 0 Å². The quantitative estimate of drug-likeness (QED) is 0.799. The van der Waals surface area contributed by atoms with Crippen LogP contribution in [0, 0.1) is 23.5 Å². The Morgan fingerprint density at radius 3 is 2.57 bits per heavy atom. The summed E-state index contributed by atoms with van der Waals surface area (Å²) in [4.78, 5) is 0. The Bertz CT molecular complexity index is 439. The number of hydrogen-bond acceptors (Lipinski definition) is 1. The third kappa shape index (κ3) is 4.77. The molecule has 1 unspecified atom stereocenters. The summed E-state index contributed by atoms with van der Waals surface area (Å²) in [6.07, 6.45) is 9.09. The van der Waals surface area contributed by atoms with Gasteiger partial charge < -0.3 is 5.73 Å². The molecule has 0 radical (unpaired) electrons. The van der Waals surface area contributed by atoms with Crippen LogP contribution < -0.4 is 5.73 Å². The fraction of sp³-hybridized carbons (Fsp3) is 0.667. The van der Waals surface area contributed by atoms with Gasteiger partial charge in [0.2, 0.25) is 0 Å². The van der Waals surface area contributed by atoms with Crippen molar-refractivity contribution in [2.24, 2.45) is 17.6 Å². The second kappa shape index (κ2) is 7.88. The number of halogens is 2. The van der Waals surface area contributed by atoms with Crippen molar-refractivity contribution in [3.05, 3.63) is 35.4 Å². The highest BCUT2D eigenvalue weighted by molar-refractivity contribution is 5.20. The molecule has 1 aromatic carbocycles. The first-order valence-corrected chi connectivity index (χ1v) is 8.29. The highest BCUT2D eigenvalue weighted by Crippen LogP contribution is 2.34. The van der Waals surface area contributed by atoms with Gasteiger partial charge in [0.15, 0.2) is 0 Å². The van der Waals surface area contributed by atoms with Crippen LogP contribution in [0.5, 0.6) is 0 Å². The first-order chi connectivity index (χ1) is 10.1. The molecule has 118 valence electrons. The van der Waals surface area contributed by atoms with Crippen LogP contribution in [0.25, 0.3) is 0 Å². The summed E-state index contributed by atoms with van der Waals surface area (Å²) in [5.74, 6) is 0.565. The van der Waals surface area contributed by atoms with Crippen LogP contribution in [0.4, 0.5) is 8.78 Å². The zero-order chi connectivity index (χ0) is 15.2. The summed E-state index contributed by atoms with van der Waals surface area (Å²) in [6, 6.07) is 3.57. The fourth-order valence-electron chi connectivity index (χ4n) is 3.52. The molecule has 1 aliphatic carbocycles. The fourth-order valence-corrected chi connectivity index (χ4v) is 3.52. The molecule has 1 atom stereocenters. The minimum Gasteiger partial charge on any atom is -0.327 e. The standard InChI is InChI=1S/C18H27F2N/c1-2-3-4-13-5-7-14(8-6-13)18(21)12-15-11-16(19)9-10-17(15)20/h9-11,13-14,18H,2-8,12,21H2,1H3. The van der Waals surface area contributed by atoms with E-state index in [1.54, 1.807) is 0 Å². The average Bonchev–Trinajstić information content (AvgIpc) is 2.49. The number of hydrogen-bond donors (Lipinski definition) is 1. The minimum atomic E-state index is -0.387. The summed E-state index contributed by atoms with van der Waals surface area (Å²) in [6.45, 7) is 2.23. The molecule has 1 aliphatic rings. The van der Waals surface area contributed by atoms with Crippen LogP contribution in [0.2, 0.25) is 0 Å². The van der Waals surface area contributed by atoms with Crippen molar-refractivity contribution in [3.8, 4) is 0 Å². The van der Waals surface area contributed by atoms with Gasteiger partial charge in [0.1, 0.15) is 11.6 Å². The molecule has 21 heavy (non-hydrogen) atoms. The Balaban J connectivity index is 1.84. The molecule has 0 bridgehead atoms. The van der Waals surface area contributed by atoms with Gasteiger partial charge in [-0.15, -0.1) is 0 Å². The second-order valence-corrected chi connectivity index (χ2v) is 6.53. The van der Waals surface area contributed by atoms with Gasteiger partial charge in [-0.1, -0.05) is 39.0 Å². The van der Waals surface area contributed by atoms with Gasteiger partial charge in [0.25, 0.3) is 0 Å². The minimum absolute atomic E-state index is 0.0616. The highest BCUT2D eigenvalue weighted by Gasteiger charge is 2.26. The van der Waals surface area contributed by atoms with Gasteiger partial charge in [-0.25, -0.2) is 8.78 Å². The zero-order valence-electron chi connectivity index (χ0n) is 13.0. The summed E-state index contributed by atoms with van der Waals surface area (Å²) >= 11 is 0. The summed E-state index contributed by atoms with van der Waals surface area (Å²) in [5, 5.41) is 0. The lowest BCUT2D eigenvalue weighted by molar-refractivity contribution is 0.230. The lowest BCUT2D eigenvalue weighted by Gasteiger charge is -2.32. The summed E-state index contributed by atoms with van der Waals surface area (Å²) in [5.41, 5.74) is 6.67. The molecule has 0 aliphatic heterocycles. The van der Waals surface area contributed by atoms with Crippen molar-refractivity contribution in [2.45, 2.75) is 64.3 Å². The van der Waals surface area contributed by atoms with Gasteiger partial charge in [0.05, 0.1) is 0 Å². The Morgan fingerprint density at radius 2 is 1.90 bits per heavy atom. The van der Waals surface area contributed by atoms with E-state index in [9.17, 15) is 8.78 Å². The van der Waals surface area contributed by atoms with Gasteiger partial charge in [0, 0.05) is 6.04 Å². The molecular formula is C18H27F2N. The van der Waals surface area contributed by atoms with E-state index in [2.05, 4.69) is 6.92 Å². The van der Waals surface area contributed by atoms with E-state index in [4.69, 9.17) is 5.73 Å². The van der Waals surface area contributed by atoms with Crippen LogP contribution >= 0.6 is 0 Å². The molecule has 0 spiro atoms. The first kappa shape index (κ1) is 16.4. The summed E-state index contributed by atoms with van der Waals surface area (Å²) in [7, 11) is 0. The molecule has 1 nitrogen and oxygen atoms in total. The van der Waals surface area contributed by atoms with E-state index in [0.29, 0.717) is 17.9 Å². The highest BCUT2D eigenvalue weighted by atomic mass is 19.1. The lowest BCUT2D eigenvalue weighted by atomic mass is 9.76. The number of rotatable bonds is 6. The van der Waals surface area contributed by atoms with Gasteiger partial charge in [-0.3, -0.25) is 0 Å². The number of nitrogens with two attached hydrogens (primary N) is 1. The van der Waals surface area contributed by atoms with Crippen LogP contribution in [0.1, 0.15) is 57.4 Å². The molecule has 1 fully saturated rings. The first-order valence-electron chi connectivity index (χ1n) is 8.29. The molecule has 2 rings (SSSR count). The number of unbranched alkanes of at least 4 members (excludes halogenated alkanes) is 1. The van der Waals surface area contributed by atoms with Crippen molar-refractivity contribution >= 4 is 0 Å². The monoisotopic (exact) mass is 295 g/mol. The van der Waals surface area contributed by atoms with E-state index >= 15 is 0 Å². The predicted octanol–water partition coefficient (Wildman–Crippen LogP) is 4.83. The van der Waals surface area contributed by atoms with Gasteiger partial charge >= 0.3 is 0 Å². The molecule has 0 heterocycles. The third-order valence-corrected chi connectivity index (χ3v) is 4.93. The number of benzene rings is 1. The van der Waals surface area contributed by atoms with E-state index in [1.807, 2.05) is 0 Å². The lowest BCUT2D eigenvalue weighted by Crippen LogP contribution is -2.35. The average molecular weight is 295 g/mol. The van der Waals surface area contributed by atoms with Gasteiger partial charge in [-0.05, 0) is 54.9 Å². The predicted molar refractivity (Wildman–Crippen MR) is 83.0 cm³/mol. The molecule has 3 heteroatoms. The molecule has 0 saturated heterocycles. The maximum Gasteiger partial charge on any atom is 0.126 e. The Labute approximate surface area is 126 Å². The molecule has 1 aromatic rings. The summed E-state index contributed by atoms with van der Waals surface area (Å²) < 4.78 is 26.9. The van der Waals surface area contributed by atoms with Crippen LogP contribution in [0.15, 0.2) is 18.2 Å². The molecule has 0 aromatic heterocycles. The Morgan fingerprint density at radius 1 is 1.19 bits per heavy atom. The Kier molecular flexibility index (Phi) is 6.16. The van der Waals surface area contributed by atoms with Gasteiger partial charge in [-0.2, -0.15) is 0 Å². The Hall–Kier alpha value is -0.960. The maximum atomic E-state index is 13.7. The van der Waals surface area contributed by atoms with Crippen molar-refractivity contribution in [1.29, 1.82) is 0 Å². The molecule has 1 saturated carbocycles. The topological polar surface area (TPSA) is 26.0 Å². The van der Waals surface area contributed by atoms with Crippen LogP contribution in [-0.2, 0) is 6.42 Å². The normalized spacial score (nSPS) is 24.0. The maximum absolute atomic E-state index is 13.7. The largest absolute Gasteiger partial charge is 0.327 e. The van der Waals surface area contributed by atoms with Crippen molar-refractivity contribution in [1.82, 2.24) is 0 Å². The van der Waals surface area contributed by atoms with Crippen molar-refractivity contribution in [3.63, 3.8) is 0 Å². The SMILES string of the molecule is CCCCC1CCC(C(N)Cc2cc(F)ccc2F)CC1. The molecular weight excluding hydrogens is 268 g/mol. The zero-order valence-corrected chi connectivity index (χ0v) is 13.0. The molecule has 0 amide bonds. The van der Waals surface area contributed by atoms with E-state index in [-0.39, 0.29) is 17.7 Å². The van der Waals surface area contributed by atoms with E-state index < -0.39 is 0 Å². The third-order valence-electron chi connectivity index (χ3n) is 4.93. The second-order valence-electron chi connectivity index (χ2n) is 6.53. The van der Waals surface area contributed by atoms with E-state index in [1.165, 1.54) is 44.2 Å². The van der Waals surface area contributed by atoms with Crippen molar-refractivity contribution < 1.29 is 8.78 Å². The molecule has 2 N–H and O–H groups in total. The van der Waals surface area contributed by atoms with Crippen molar-refractivity contribution in [2.75, 3.05) is 0 Å². The van der Waals surface area contributed by atoms with Crippen LogP contribution in [-0.4, -0.2) is 6.04 Å². The smallest absolute Gasteiger partial charge is 0.126 e.